The van der Waals surface area contributed by atoms with Gasteiger partial charge in [0, 0.05) is 6.04 Å². The lowest BCUT2D eigenvalue weighted by Gasteiger charge is -2.15. The summed E-state index contributed by atoms with van der Waals surface area (Å²) in [5, 5.41) is 5.46. The van der Waals surface area contributed by atoms with Crippen LogP contribution < -0.4 is 10.9 Å². The highest BCUT2D eigenvalue weighted by Crippen LogP contribution is 2.24. The zero-order chi connectivity index (χ0) is 22.5. The number of thioether (sulfide) groups is 1. The van der Waals surface area contributed by atoms with Gasteiger partial charge >= 0.3 is 0 Å². The molecule has 0 spiro atoms. The van der Waals surface area contributed by atoms with Crippen LogP contribution in [-0.4, -0.2) is 27.3 Å². The van der Waals surface area contributed by atoms with Crippen LogP contribution in [0.2, 0.25) is 0 Å². The molecule has 4 aromatic rings. The molecule has 0 saturated carbocycles. The lowest BCUT2D eigenvalue weighted by atomic mass is 10.1. The third-order valence-electron chi connectivity index (χ3n) is 5.16. The van der Waals surface area contributed by atoms with Gasteiger partial charge in [-0.1, -0.05) is 54.2 Å². The number of amides is 1. The van der Waals surface area contributed by atoms with Gasteiger partial charge in [0.15, 0.2) is 5.16 Å². The number of carbonyl (C=O) groups is 1. The highest BCUT2D eigenvalue weighted by molar-refractivity contribution is 7.99. The molecule has 2 aromatic heterocycles. The molecule has 0 bridgehead atoms. The minimum atomic E-state index is -0.102. The summed E-state index contributed by atoms with van der Waals surface area (Å²) in [6, 6.07) is 19.9. The monoisotopic (exact) mass is 463 g/mol. The van der Waals surface area contributed by atoms with Gasteiger partial charge in [-0.15, -0.1) is 11.3 Å². The summed E-state index contributed by atoms with van der Waals surface area (Å²) < 4.78 is 2.23. The minimum absolute atomic E-state index is 0.0639. The molecule has 4 rings (SSSR count). The summed E-state index contributed by atoms with van der Waals surface area (Å²) >= 11 is 2.68. The molecular formula is C25H25N3O2S2. The Morgan fingerprint density at radius 3 is 2.75 bits per heavy atom. The predicted octanol–water partition coefficient (Wildman–Crippen LogP) is 4.99. The van der Waals surface area contributed by atoms with Crippen molar-refractivity contribution in [2.45, 2.75) is 37.9 Å². The highest BCUT2D eigenvalue weighted by atomic mass is 32.2. The number of rotatable bonds is 8. The molecule has 0 aliphatic carbocycles. The first-order chi connectivity index (χ1) is 15.5. The van der Waals surface area contributed by atoms with Crippen LogP contribution in [0.5, 0.6) is 0 Å². The van der Waals surface area contributed by atoms with E-state index in [-0.39, 0.29) is 23.3 Å². The van der Waals surface area contributed by atoms with E-state index in [4.69, 9.17) is 0 Å². The fourth-order valence-corrected chi connectivity index (χ4v) is 5.11. The van der Waals surface area contributed by atoms with Gasteiger partial charge in [0.25, 0.3) is 5.56 Å². The maximum Gasteiger partial charge on any atom is 0.276 e. The first kappa shape index (κ1) is 22.3. The second-order valence-corrected chi connectivity index (χ2v) is 9.65. The molecule has 1 unspecified atom stereocenters. The highest BCUT2D eigenvalue weighted by Gasteiger charge is 2.16. The van der Waals surface area contributed by atoms with E-state index in [9.17, 15) is 9.59 Å². The van der Waals surface area contributed by atoms with Crippen molar-refractivity contribution in [3.8, 4) is 5.69 Å². The van der Waals surface area contributed by atoms with E-state index in [1.54, 1.807) is 4.57 Å². The normalized spacial score (nSPS) is 12.1. The first-order valence-corrected chi connectivity index (χ1v) is 12.4. The van der Waals surface area contributed by atoms with Crippen molar-refractivity contribution in [1.29, 1.82) is 0 Å². The quantitative estimate of drug-likeness (QED) is 0.296. The average molecular weight is 464 g/mol. The molecule has 1 atom stereocenters. The van der Waals surface area contributed by atoms with Crippen molar-refractivity contribution in [2.75, 3.05) is 5.75 Å². The van der Waals surface area contributed by atoms with Crippen molar-refractivity contribution in [3.63, 3.8) is 0 Å². The second kappa shape index (κ2) is 10.1. The molecule has 0 radical (unpaired) electrons. The topological polar surface area (TPSA) is 64.0 Å². The second-order valence-electron chi connectivity index (χ2n) is 7.79. The van der Waals surface area contributed by atoms with Gasteiger partial charge in [-0.2, -0.15) is 0 Å². The number of fused-ring (bicyclic) bond motifs is 1. The minimum Gasteiger partial charge on any atom is -0.353 e. The molecule has 2 heterocycles. The van der Waals surface area contributed by atoms with Gasteiger partial charge in [-0.25, -0.2) is 4.98 Å². The summed E-state index contributed by atoms with van der Waals surface area (Å²) in [7, 11) is 0. The molecule has 164 valence electrons. The first-order valence-electron chi connectivity index (χ1n) is 10.5. The summed E-state index contributed by atoms with van der Waals surface area (Å²) in [6.45, 7) is 4.01. The Balaban J connectivity index is 1.47. The summed E-state index contributed by atoms with van der Waals surface area (Å²) in [4.78, 5) is 30.5. The number of nitrogens with one attached hydrogen (secondary N) is 1. The molecule has 0 aliphatic rings. The van der Waals surface area contributed by atoms with Crippen LogP contribution in [-0.2, 0) is 11.2 Å². The number of hydrogen-bond acceptors (Lipinski definition) is 5. The van der Waals surface area contributed by atoms with E-state index in [0.717, 1.165) is 24.1 Å². The van der Waals surface area contributed by atoms with E-state index < -0.39 is 0 Å². The summed E-state index contributed by atoms with van der Waals surface area (Å²) in [5.41, 5.74) is 3.65. The van der Waals surface area contributed by atoms with Gasteiger partial charge in [-0.3, -0.25) is 14.2 Å². The SMILES string of the molecule is Cc1cccc(-n2c(SCC(=O)NC(C)CCc3ccccc3)nc3ccsc3c2=O)c1. The van der Waals surface area contributed by atoms with Gasteiger partial charge in [0.2, 0.25) is 5.91 Å². The van der Waals surface area contributed by atoms with Gasteiger partial charge in [-0.05, 0) is 61.4 Å². The van der Waals surface area contributed by atoms with Crippen LogP contribution in [0.15, 0.2) is 76.0 Å². The molecule has 7 heteroatoms. The Bertz CT molecular complexity index is 1280. The van der Waals surface area contributed by atoms with Crippen LogP contribution >= 0.6 is 23.1 Å². The van der Waals surface area contributed by atoms with Crippen LogP contribution in [0, 0.1) is 6.92 Å². The Hall–Kier alpha value is -2.90. The number of hydrogen-bond donors (Lipinski definition) is 1. The van der Waals surface area contributed by atoms with Crippen LogP contribution in [0.25, 0.3) is 15.9 Å². The number of aromatic nitrogens is 2. The Labute approximate surface area is 195 Å². The Morgan fingerprint density at radius 2 is 1.97 bits per heavy atom. The van der Waals surface area contributed by atoms with Crippen molar-refractivity contribution in [3.05, 3.63) is 87.5 Å². The Morgan fingerprint density at radius 1 is 1.16 bits per heavy atom. The van der Waals surface area contributed by atoms with Crippen molar-refractivity contribution >= 4 is 39.2 Å². The number of carbonyl (C=O) groups excluding carboxylic acids is 1. The average Bonchev–Trinajstić information content (AvgIpc) is 3.26. The number of thiophene rings is 1. The summed E-state index contributed by atoms with van der Waals surface area (Å²) in [6.07, 6.45) is 1.78. The lowest BCUT2D eigenvalue weighted by Crippen LogP contribution is -2.34. The summed E-state index contributed by atoms with van der Waals surface area (Å²) in [5.74, 6) is 0.134. The molecular weight excluding hydrogens is 438 g/mol. The van der Waals surface area contributed by atoms with E-state index in [2.05, 4.69) is 22.4 Å². The molecule has 1 N–H and O–H groups in total. The molecule has 5 nitrogen and oxygen atoms in total. The maximum absolute atomic E-state index is 13.2. The molecule has 0 saturated heterocycles. The predicted molar refractivity (Wildman–Crippen MR) is 133 cm³/mol. The van der Waals surface area contributed by atoms with E-state index in [1.807, 2.05) is 67.8 Å². The molecule has 2 aromatic carbocycles. The van der Waals surface area contributed by atoms with Crippen molar-refractivity contribution in [2.24, 2.45) is 0 Å². The van der Waals surface area contributed by atoms with E-state index in [0.29, 0.717) is 15.4 Å². The molecule has 0 fully saturated rings. The number of benzene rings is 2. The van der Waals surface area contributed by atoms with E-state index in [1.165, 1.54) is 28.7 Å². The lowest BCUT2D eigenvalue weighted by molar-refractivity contribution is -0.119. The van der Waals surface area contributed by atoms with Gasteiger partial charge in [0.1, 0.15) is 4.70 Å². The van der Waals surface area contributed by atoms with Crippen LogP contribution in [0.3, 0.4) is 0 Å². The van der Waals surface area contributed by atoms with Crippen molar-refractivity contribution < 1.29 is 4.79 Å². The largest absolute Gasteiger partial charge is 0.353 e. The fraction of sp³-hybridized carbons (Fsp3) is 0.240. The van der Waals surface area contributed by atoms with Gasteiger partial charge < -0.3 is 5.32 Å². The fourth-order valence-electron chi connectivity index (χ4n) is 3.53. The zero-order valence-electron chi connectivity index (χ0n) is 18.1. The van der Waals surface area contributed by atoms with Gasteiger partial charge in [0.05, 0.1) is 17.0 Å². The Kier molecular flexibility index (Phi) is 7.07. The standard InChI is InChI=1S/C25H25N3O2S2/c1-17-7-6-10-20(15-17)28-24(30)23-21(13-14-31-23)27-25(28)32-16-22(29)26-18(2)11-12-19-8-4-3-5-9-19/h3-10,13-15,18H,11-12,16H2,1-2H3,(H,26,29). The number of nitrogens with zero attached hydrogens (tertiary/aromatic N) is 2. The molecule has 0 aliphatic heterocycles. The smallest absolute Gasteiger partial charge is 0.276 e. The maximum atomic E-state index is 13.2. The molecule has 1 amide bonds. The third kappa shape index (κ3) is 5.29. The van der Waals surface area contributed by atoms with E-state index >= 15 is 0 Å². The van der Waals surface area contributed by atoms with Crippen LogP contribution in [0.4, 0.5) is 0 Å². The van der Waals surface area contributed by atoms with Crippen molar-refractivity contribution in [1.82, 2.24) is 14.9 Å². The third-order valence-corrected chi connectivity index (χ3v) is 6.99. The molecule has 32 heavy (non-hydrogen) atoms. The van der Waals surface area contributed by atoms with Crippen LogP contribution in [0.1, 0.15) is 24.5 Å². The zero-order valence-corrected chi connectivity index (χ0v) is 19.7. The number of aryl methyl sites for hydroxylation is 2.